The van der Waals surface area contributed by atoms with E-state index in [4.69, 9.17) is 0 Å². The molecule has 11 heteroatoms. The summed E-state index contributed by atoms with van der Waals surface area (Å²) in [5.74, 6) is -0.333. The smallest absolute Gasteiger partial charge is 0.716 e. The fraction of sp³-hybridized carbons (Fsp3) is 0. The Kier molecular flexibility index (Phi) is 7.29. The van der Waals surface area contributed by atoms with Gasteiger partial charge in [-0.15, -0.1) is 0 Å². The van der Waals surface area contributed by atoms with Gasteiger partial charge in [0.15, 0.2) is 5.75 Å². The number of hydrogen-bond donors (Lipinski definition) is 0. The Morgan fingerprint density at radius 1 is 1.24 bits per heavy atom. The van der Waals surface area contributed by atoms with E-state index in [1.165, 1.54) is 0 Å². The van der Waals surface area contributed by atoms with Crippen molar-refractivity contribution in [3.05, 3.63) is 31.2 Å². The molecule has 0 aliphatic heterocycles. The van der Waals surface area contributed by atoms with Crippen LogP contribution >= 0.6 is 31.9 Å². The van der Waals surface area contributed by atoms with Gasteiger partial charge in [0.1, 0.15) is 0 Å². The van der Waals surface area contributed by atoms with Crippen molar-refractivity contribution in [1.82, 2.24) is 0 Å². The molecule has 17 heavy (non-hydrogen) atoms. The van der Waals surface area contributed by atoms with Crippen molar-refractivity contribution in [2.24, 2.45) is 0 Å². The van der Waals surface area contributed by atoms with Gasteiger partial charge in [-0.05, 0) is 31.9 Å². The summed E-state index contributed by atoms with van der Waals surface area (Å²) in [4.78, 5) is 9.77. The second kappa shape index (κ2) is 6.91. The number of non-ortho nitro benzene ring substituents is 1. The van der Waals surface area contributed by atoms with Crippen LogP contribution in [0, 0.1) is 10.1 Å². The monoisotopic (exact) mass is 413 g/mol. The van der Waals surface area contributed by atoms with Gasteiger partial charge in [0, 0.05) is 12.1 Å². The molecule has 0 amide bonds. The topological polar surface area (TPSA) is 110 Å². The van der Waals surface area contributed by atoms with Gasteiger partial charge in [0.05, 0.1) is 13.9 Å². The molecule has 88 valence electrons. The van der Waals surface area contributed by atoms with E-state index in [1.54, 1.807) is 0 Å². The molecule has 0 atom stereocenters. The van der Waals surface area contributed by atoms with Crippen molar-refractivity contribution < 1.29 is 73.5 Å². The summed E-state index contributed by atoms with van der Waals surface area (Å²) in [6.45, 7) is 0. The molecular formula is C6H2Br2KNO6S. The minimum absolute atomic E-state index is 0. The molecule has 0 aromatic heterocycles. The van der Waals surface area contributed by atoms with Gasteiger partial charge in [-0.1, -0.05) is 0 Å². The van der Waals surface area contributed by atoms with Crippen LogP contribution in [-0.4, -0.2) is 17.9 Å². The predicted molar refractivity (Wildman–Crippen MR) is 58.8 cm³/mol. The zero-order chi connectivity index (χ0) is 12.5. The number of hydrogen-bond acceptors (Lipinski definition) is 6. The maximum atomic E-state index is 10.4. The maximum absolute atomic E-state index is 10.4. The van der Waals surface area contributed by atoms with E-state index >= 15 is 0 Å². The summed E-state index contributed by atoms with van der Waals surface area (Å²) < 4.78 is 35.2. The van der Waals surface area contributed by atoms with Crippen LogP contribution in [-0.2, 0) is 10.4 Å². The van der Waals surface area contributed by atoms with Crippen LogP contribution in [0.15, 0.2) is 21.1 Å². The molecule has 1 aromatic rings. The standard InChI is InChI=1S/C6H3Br2NO6S.K/c7-4-1-3(9(10)11)2-5(8)6(4)15-16(12,13)14;/h1-2H,(H,12,13,14);/q;+1/p-1. The van der Waals surface area contributed by atoms with E-state index in [1.807, 2.05) is 0 Å². The fourth-order valence-corrected chi connectivity index (χ4v) is 2.76. The second-order valence-electron chi connectivity index (χ2n) is 2.49. The summed E-state index contributed by atoms with van der Waals surface area (Å²) >= 11 is 5.71. The predicted octanol–water partition coefficient (Wildman–Crippen LogP) is -1.04. The summed E-state index contributed by atoms with van der Waals surface area (Å²) in [6, 6.07) is 2.04. The fourth-order valence-electron chi connectivity index (χ4n) is 0.834. The number of nitro groups is 1. The van der Waals surface area contributed by atoms with Gasteiger partial charge in [0.2, 0.25) is 0 Å². The first-order valence-electron chi connectivity index (χ1n) is 3.49. The largest absolute Gasteiger partial charge is 1.00 e. The molecule has 0 fully saturated rings. The van der Waals surface area contributed by atoms with Crippen LogP contribution in [0.1, 0.15) is 0 Å². The van der Waals surface area contributed by atoms with E-state index in [-0.39, 0.29) is 71.8 Å². The van der Waals surface area contributed by atoms with E-state index in [0.29, 0.717) is 0 Å². The molecule has 0 aliphatic carbocycles. The number of rotatable bonds is 3. The molecule has 0 spiro atoms. The van der Waals surface area contributed by atoms with Crippen LogP contribution in [0.2, 0.25) is 0 Å². The third kappa shape index (κ3) is 5.61. The molecular weight excluding hydrogens is 413 g/mol. The molecule has 0 saturated carbocycles. The van der Waals surface area contributed by atoms with Crippen LogP contribution in [0.4, 0.5) is 5.69 Å². The summed E-state index contributed by atoms with van der Waals surface area (Å²) in [7, 11) is -4.94. The van der Waals surface area contributed by atoms with Gasteiger partial charge >= 0.3 is 51.4 Å². The van der Waals surface area contributed by atoms with Gasteiger partial charge in [-0.2, -0.15) is 0 Å². The van der Waals surface area contributed by atoms with Gasteiger partial charge in [-0.3, -0.25) is 10.1 Å². The zero-order valence-corrected chi connectivity index (χ0v) is 15.3. The molecule has 0 bridgehead atoms. The third-order valence-corrected chi connectivity index (χ3v) is 2.93. The van der Waals surface area contributed by atoms with Gasteiger partial charge in [0.25, 0.3) is 16.1 Å². The number of nitro benzene ring substituents is 1. The summed E-state index contributed by atoms with van der Waals surface area (Å²) in [5, 5.41) is 10.4. The molecule has 0 radical (unpaired) electrons. The van der Waals surface area contributed by atoms with Gasteiger partial charge < -0.3 is 8.74 Å². The zero-order valence-electron chi connectivity index (χ0n) is 8.22. The Labute approximate surface area is 156 Å². The Morgan fingerprint density at radius 2 is 1.65 bits per heavy atom. The number of nitrogens with zero attached hydrogens (tertiary/aromatic N) is 1. The van der Waals surface area contributed by atoms with Crippen molar-refractivity contribution in [3.63, 3.8) is 0 Å². The van der Waals surface area contributed by atoms with Crippen molar-refractivity contribution in [1.29, 1.82) is 0 Å². The first-order valence-corrected chi connectivity index (χ1v) is 6.41. The average molecular weight is 415 g/mol. The first kappa shape index (κ1) is 17.9. The Hall–Kier alpha value is 0.926. The quantitative estimate of drug-likeness (QED) is 0.205. The molecule has 0 saturated heterocycles. The molecule has 0 N–H and O–H groups in total. The molecule has 1 aromatic carbocycles. The normalized spacial score (nSPS) is 10.5. The third-order valence-electron chi connectivity index (χ3n) is 1.38. The van der Waals surface area contributed by atoms with E-state index in [9.17, 15) is 23.1 Å². The van der Waals surface area contributed by atoms with Crippen molar-refractivity contribution >= 4 is 47.9 Å². The minimum Gasteiger partial charge on any atom is -0.716 e. The Morgan fingerprint density at radius 3 is 1.94 bits per heavy atom. The van der Waals surface area contributed by atoms with Crippen LogP contribution in [0.3, 0.4) is 0 Å². The average Bonchev–Trinajstić information content (AvgIpc) is 2.09. The van der Waals surface area contributed by atoms with Gasteiger partial charge in [-0.25, -0.2) is 8.42 Å². The SMILES string of the molecule is O=[N+]([O-])c1cc(Br)c(OS(=O)(=O)[O-])c(Br)c1.[K+]. The van der Waals surface area contributed by atoms with Crippen LogP contribution in [0.5, 0.6) is 5.75 Å². The minimum atomic E-state index is -4.94. The molecule has 0 aliphatic rings. The Balaban J connectivity index is 0.00000256. The first-order chi connectivity index (χ1) is 7.20. The molecule has 7 nitrogen and oxygen atoms in total. The van der Waals surface area contributed by atoms with Crippen molar-refractivity contribution in [2.45, 2.75) is 0 Å². The second-order valence-corrected chi connectivity index (χ2v) is 5.18. The number of halogens is 2. The number of benzene rings is 1. The van der Waals surface area contributed by atoms with Crippen LogP contribution < -0.4 is 55.6 Å². The molecule has 1 rings (SSSR count). The summed E-state index contributed by atoms with van der Waals surface area (Å²) in [5.41, 5.74) is -0.283. The van der Waals surface area contributed by atoms with E-state index < -0.39 is 15.3 Å². The molecule has 0 heterocycles. The van der Waals surface area contributed by atoms with Crippen LogP contribution in [0.25, 0.3) is 0 Å². The molecule has 0 unspecified atom stereocenters. The van der Waals surface area contributed by atoms with E-state index in [0.717, 1.165) is 12.1 Å². The summed E-state index contributed by atoms with van der Waals surface area (Å²) in [6.07, 6.45) is 0. The van der Waals surface area contributed by atoms with Crippen molar-refractivity contribution in [2.75, 3.05) is 0 Å². The Bertz CT molecular complexity index is 524. The van der Waals surface area contributed by atoms with Crippen molar-refractivity contribution in [3.8, 4) is 5.75 Å². The van der Waals surface area contributed by atoms with E-state index in [2.05, 4.69) is 36.0 Å². The maximum Gasteiger partial charge on any atom is 1.00 e.